The van der Waals surface area contributed by atoms with Gasteiger partial charge in [0.2, 0.25) is 0 Å². The van der Waals surface area contributed by atoms with Crippen molar-refractivity contribution in [3.63, 3.8) is 0 Å². The normalized spacial score (nSPS) is 35.5. The Morgan fingerprint density at radius 1 is 1.27 bits per heavy atom. The Balaban J connectivity index is 1.77. The van der Waals surface area contributed by atoms with E-state index >= 15 is 0 Å². The Morgan fingerprint density at radius 2 is 2.13 bits per heavy atom. The summed E-state index contributed by atoms with van der Waals surface area (Å²) in [5, 5.41) is 6.29. The minimum absolute atomic E-state index is 0.264. The average molecular weight is 232 g/mol. The van der Waals surface area contributed by atoms with Crippen LogP contribution in [0, 0.1) is 5.92 Å². The standard InChI is InChI=1S/C10H20N2O2S/c13-15(14)6-2-4-10(15)12-8-9-3-1-5-11-7-9/h9-12H,1-8H2. The van der Waals surface area contributed by atoms with Gasteiger partial charge in [-0.3, -0.25) is 0 Å². The summed E-state index contributed by atoms with van der Waals surface area (Å²) >= 11 is 0. The largest absolute Gasteiger partial charge is 0.316 e. The molecule has 2 rings (SSSR count). The Morgan fingerprint density at radius 3 is 2.73 bits per heavy atom. The van der Waals surface area contributed by atoms with Crippen LogP contribution in [0.1, 0.15) is 25.7 Å². The molecule has 2 saturated heterocycles. The summed E-state index contributed by atoms with van der Waals surface area (Å²) in [6.45, 7) is 2.98. The van der Waals surface area contributed by atoms with E-state index in [1.165, 1.54) is 12.8 Å². The molecule has 0 saturated carbocycles. The minimum Gasteiger partial charge on any atom is -0.316 e. The maximum atomic E-state index is 11.6. The van der Waals surface area contributed by atoms with Crippen LogP contribution in [0.4, 0.5) is 0 Å². The molecule has 0 amide bonds. The zero-order valence-corrected chi connectivity index (χ0v) is 9.85. The number of hydrogen-bond acceptors (Lipinski definition) is 4. The highest BCUT2D eigenvalue weighted by Crippen LogP contribution is 2.18. The van der Waals surface area contributed by atoms with Crippen LogP contribution < -0.4 is 10.6 Å². The van der Waals surface area contributed by atoms with Crippen LogP contribution in [0.5, 0.6) is 0 Å². The van der Waals surface area contributed by atoms with Crippen molar-refractivity contribution in [2.75, 3.05) is 25.4 Å². The van der Waals surface area contributed by atoms with Gasteiger partial charge < -0.3 is 10.6 Å². The molecule has 2 atom stereocenters. The summed E-state index contributed by atoms with van der Waals surface area (Å²) in [5.41, 5.74) is 0. The zero-order chi connectivity index (χ0) is 10.7. The molecule has 0 aromatic carbocycles. The van der Waals surface area contributed by atoms with E-state index in [2.05, 4.69) is 10.6 Å². The van der Waals surface area contributed by atoms with Crippen LogP contribution in [0.15, 0.2) is 0 Å². The Hall–Kier alpha value is -0.130. The molecular formula is C10H20N2O2S. The van der Waals surface area contributed by atoms with Crippen molar-refractivity contribution in [3.05, 3.63) is 0 Å². The quantitative estimate of drug-likeness (QED) is 0.725. The highest BCUT2D eigenvalue weighted by molar-refractivity contribution is 7.92. The van der Waals surface area contributed by atoms with Gasteiger partial charge in [0.05, 0.1) is 5.75 Å². The molecule has 15 heavy (non-hydrogen) atoms. The third-order valence-electron chi connectivity index (χ3n) is 3.36. The molecule has 4 nitrogen and oxygen atoms in total. The fourth-order valence-electron chi connectivity index (χ4n) is 2.42. The van der Waals surface area contributed by atoms with Crippen molar-refractivity contribution < 1.29 is 8.42 Å². The second kappa shape index (κ2) is 4.80. The molecule has 2 aliphatic heterocycles. The summed E-state index contributed by atoms with van der Waals surface area (Å²) in [6, 6.07) is 0. The number of nitrogens with one attached hydrogen (secondary N) is 2. The first-order chi connectivity index (χ1) is 7.18. The Kier molecular flexibility index (Phi) is 3.64. The zero-order valence-electron chi connectivity index (χ0n) is 9.04. The lowest BCUT2D eigenvalue weighted by molar-refractivity contribution is 0.355. The maximum Gasteiger partial charge on any atom is 0.166 e. The first-order valence-electron chi connectivity index (χ1n) is 5.84. The lowest BCUT2D eigenvalue weighted by Crippen LogP contribution is -2.41. The monoisotopic (exact) mass is 232 g/mol. The van der Waals surface area contributed by atoms with E-state index in [4.69, 9.17) is 0 Å². The molecule has 0 spiro atoms. The summed E-state index contributed by atoms with van der Waals surface area (Å²) in [5.74, 6) is 0.975. The van der Waals surface area contributed by atoms with E-state index in [0.717, 1.165) is 32.5 Å². The Bertz CT molecular complexity index is 297. The van der Waals surface area contributed by atoms with Gasteiger partial charge in [-0.1, -0.05) is 0 Å². The molecule has 2 aliphatic rings. The maximum absolute atomic E-state index is 11.6. The number of sulfone groups is 1. The molecule has 88 valence electrons. The smallest absolute Gasteiger partial charge is 0.166 e. The molecule has 2 fully saturated rings. The van der Waals surface area contributed by atoms with Crippen LogP contribution in [0.25, 0.3) is 0 Å². The molecule has 2 N–H and O–H groups in total. The SMILES string of the molecule is O=S1(=O)CCCC1NCC1CCCNC1. The third kappa shape index (κ3) is 2.92. The highest BCUT2D eigenvalue weighted by Gasteiger charge is 2.31. The predicted octanol–water partition coefficient (Wildman–Crippen LogP) is 0.110. The molecule has 2 heterocycles. The van der Waals surface area contributed by atoms with E-state index < -0.39 is 9.84 Å². The van der Waals surface area contributed by atoms with Crippen molar-refractivity contribution in [1.82, 2.24) is 10.6 Å². The molecule has 2 unspecified atom stereocenters. The second-order valence-corrected chi connectivity index (χ2v) is 6.92. The van der Waals surface area contributed by atoms with Crippen LogP contribution in [0.2, 0.25) is 0 Å². The second-order valence-electron chi connectivity index (χ2n) is 4.62. The van der Waals surface area contributed by atoms with Crippen LogP contribution in [-0.2, 0) is 9.84 Å². The molecular weight excluding hydrogens is 212 g/mol. The number of hydrogen-bond donors (Lipinski definition) is 2. The van der Waals surface area contributed by atoms with E-state index in [1.807, 2.05) is 0 Å². The van der Waals surface area contributed by atoms with Crippen molar-refractivity contribution in [1.29, 1.82) is 0 Å². The highest BCUT2D eigenvalue weighted by atomic mass is 32.2. The summed E-state index contributed by atoms with van der Waals surface area (Å²) < 4.78 is 23.1. The molecule has 5 heteroatoms. The van der Waals surface area contributed by atoms with Gasteiger partial charge in [0, 0.05) is 6.54 Å². The lowest BCUT2D eigenvalue weighted by Gasteiger charge is -2.24. The van der Waals surface area contributed by atoms with E-state index in [0.29, 0.717) is 11.7 Å². The average Bonchev–Trinajstić information content (AvgIpc) is 2.56. The first-order valence-corrected chi connectivity index (χ1v) is 7.56. The third-order valence-corrected chi connectivity index (χ3v) is 5.49. The molecule has 0 aromatic rings. The predicted molar refractivity (Wildman–Crippen MR) is 60.4 cm³/mol. The Labute approximate surface area is 91.7 Å². The van der Waals surface area contributed by atoms with Gasteiger partial charge in [-0.05, 0) is 44.7 Å². The number of rotatable bonds is 3. The van der Waals surface area contributed by atoms with Crippen molar-refractivity contribution in [2.45, 2.75) is 31.1 Å². The molecule has 0 bridgehead atoms. The summed E-state index contributed by atoms with van der Waals surface area (Å²) in [6.07, 6.45) is 4.04. The molecule has 0 radical (unpaired) electrons. The van der Waals surface area contributed by atoms with E-state index in [1.54, 1.807) is 0 Å². The first kappa shape index (κ1) is 11.4. The summed E-state index contributed by atoms with van der Waals surface area (Å²) in [4.78, 5) is 0. The van der Waals surface area contributed by atoms with Crippen molar-refractivity contribution in [3.8, 4) is 0 Å². The topological polar surface area (TPSA) is 58.2 Å². The fraction of sp³-hybridized carbons (Fsp3) is 1.00. The number of piperidine rings is 1. The van der Waals surface area contributed by atoms with Gasteiger partial charge in [0.15, 0.2) is 9.84 Å². The van der Waals surface area contributed by atoms with Crippen LogP contribution >= 0.6 is 0 Å². The summed E-state index contributed by atoms with van der Waals surface area (Å²) in [7, 11) is -2.82. The van der Waals surface area contributed by atoms with Gasteiger partial charge in [-0.25, -0.2) is 8.42 Å². The van der Waals surface area contributed by atoms with Crippen LogP contribution in [-0.4, -0.2) is 39.2 Å². The fourth-order valence-corrected chi connectivity index (χ4v) is 4.15. The van der Waals surface area contributed by atoms with E-state index in [9.17, 15) is 8.42 Å². The van der Waals surface area contributed by atoms with Gasteiger partial charge in [-0.15, -0.1) is 0 Å². The minimum atomic E-state index is -2.82. The van der Waals surface area contributed by atoms with Crippen molar-refractivity contribution >= 4 is 9.84 Å². The molecule has 0 aromatic heterocycles. The molecule has 0 aliphatic carbocycles. The van der Waals surface area contributed by atoms with Gasteiger partial charge in [-0.2, -0.15) is 0 Å². The van der Waals surface area contributed by atoms with Crippen LogP contribution in [0.3, 0.4) is 0 Å². The van der Waals surface area contributed by atoms with Crippen molar-refractivity contribution in [2.24, 2.45) is 5.92 Å². The van der Waals surface area contributed by atoms with Gasteiger partial charge >= 0.3 is 0 Å². The van der Waals surface area contributed by atoms with E-state index in [-0.39, 0.29) is 5.37 Å². The van der Waals surface area contributed by atoms with Gasteiger partial charge in [0.25, 0.3) is 0 Å². The lowest BCUT2D eigenvalue weighted by atomic mass is 10.00. The van der Waals surface area contributed by atoms with Gasteiger partial charge in [0.1, 0.15) is 5.37 Å².